The molecule has 1 saturated heterocycles. The first-order valence-electron chi connectivity index (χ1n) is 8.16. The smallest absolute Gasteiger partial charge is 0.127 e. The predicted molar refractivity (Wildman–Crippen MR) is 89.9 cm³/mol. The summed E-state index contributed by atoms with van der Waals surface area (Å²) < 4.78 is 7.05. The Morgan fingerprint density at radius 3 is 3.10 bits per heavy atom. The number of benzene rings is 1. The summed E-state index contributed by atoms with van der Waals surface area (Å²) >= 11 is 3.65. The minimum atomic E-state index is 0.665. The number of ether oxygens (including phenoxy) is 1. The fourth-order valence-corrected chi connectivity index (χ4v) is 4.03. The van der Waals surface area contributed by atoms with Crippen LogP contribution in [0.2, 0.25) is 0 Å². The van der Waals surface area contributed by atoms with Gasteiger partial charge in [-0.1, -0.05) is 22.9 Å². The SMILES string of the molecule is CCCN(Cc1cc(Br)cc2c1OCC2)CC1CCCN1. The van der Waals surface area contributed by atoms with Crippen LogP contribution < -0.4 is 10.1 Å². The number of halogens is 1. The van der Waals surface area contributed by atoms with Crippen molar-refractivity contribution in [2.45, 2.75) is 45.2 Å². The Kier molecular flexibility index (Phi) is 5.19. The van der Waals surface area contributed by atoms with E-state index in [1.54, 1.807) is 0 Å². The second kappa shape index (κ2) is 7.12. The molecule has 3 nitrogen and oxygen atoms in total. The van der Waals surface area contributed by atoms with Crippen molar-refractivity contribution in [3.63, 3.8) is 0 Å². The van der Waals surface area contributed by atoms with Gasteiger partial charge >= 0.3 is 0 Å². The standard InChI is InChI=1S/C17H25BrN2O/c1-2-7-20(12-16-4-3-6-19-16)11-14-10-15(18)9-13-5-8-21-17(13)14/h9-10,16,19H,2-8,11-12H2,1H3. The molecule has 0 saturated carbocycles. The zero-order valence-electron chi connectivity index (χ0n) is 12.8. The molecule has 0 radical (unpaired) electrons. The molecule has 0 aliphatic carbocycles. The molecule has 116 valence electrons. The van der Waals surface area contributed by atoms with Crippen molar-refractivity contribution in [2.75, 3.05) is 26.2 Å². The maximum absolute atomic E-state index is 5.87. The van der Waals surface area contributed by atoms with E-state index in [-0.39, 0.29) is 0 Å². The van der Waals surface area contributed by atoms with Crippen molar-refractivity contribution < 1.29 is 4.74 Å². The first kappa shape index (κ1) is 15.3. The average Bonchev–Trinajstić information content (AvgIpc) is 3.09. The molecule has 1 fully saturated rings. The molecule has 1 unspecified atom stereocenters. The van der Waals surface area contributed by atoms with Crippen LogP contribution in [0, 0.1) is 0 Å². The van der Waals surface area contributed by atoms with Crippen molar-refractivity contribution in [2.24, 2.45) is 0 Å². The van der Waals surface area contributed by atoms with E-state index >= 15 is 0 Å². The van der Waals surface area contributed by atoms with Gasteiger partial charge in [-0.3, -0.25) is 4.90 Å². The minimum Gasteiger partial charge on any atom is -0.493 e. The minimum absolute atomic E-state index is 0.665. The second-order valence-corrected chi connectivity index (χ2v) is 7.10. The molecule has 0 bridgehead atoms. The molecule has 2 heterocycles. The number of hydrogen-bond acceptors (Lipinski definition) is 3. The van der Waals surface area contributed by atoms with Gasteiger partial charge in [0.25, 0.3) is 0 Å². The highest BCUT2D eigenvalue weighted by atomic mass is 79.9. The van der Waals surface area contributed by atoms with Gasteiger partial charge in [0.1, 0.15) is 5.75 Å². The summed E-state index contributed by atoms with van der Waals surface area (Å²) in [5, 5.41) is 3.61. The molecule has 3 rings (SSSR count). The molecule has 1 aromatic carbocycles. The van der Waals surface area contributed by atoms with Crippen molar-refractivity contribution in [1.29, 1.82) is 0 Å². The lowest BCUT2D eigenvalue weighted by atomic mass is 10.1. The van der Waals surface area contributed by atoms with Crippen LogP contribution in [0.25, 0.3) is 0 Å². The van der Waals surface area contributed by atoms with E-state index in [2.05, 4.69) is 45.2 Å². The van der Waals surface area contributed by atoms with Gasteiger partial charge in [0, 0.05) is 35.6 Å². The largest absolute Gasteiger partial charge is 0.493 e. The molecule has 1 atom stereocenters. The van der Waals surface area contributed by atoms with Crippen LogP contribution in [-0.4, -0.2) is 37.2 Å². The van der Waals surface area contributed by atoms with Gasteiger partial charge in [-0.25, -0.2) is 0 Å². The third kappa shape index (κ3) is 3.79. The molecule has 21 heavy (non-hydrogen) atoms. The summed E-state index contributed by atoms with van der Waals surface area (Å²) in [7, 11) is 0. The van der Waals surface area contributed by atoms with Crippen LogP contribution in [0.5, 0.6) is 5.75 Å². The fraction of sp³-hybridized carbons (Fsp3) is 0.647. The third-order valence-corrected chi connectivity index (χ3v) is 4.86. The third-order valence-electron chi connectivity index (χ3n) is 4.40. The van der Waals surface area contributed by atoms with Gasteiger partial charge in [-0.2, -0.15) is 0 Å². The zero-order chi connectivity index (χ0) is 14.7. The molecule has 0 amide bonds. The topological polar surface area (TPSA) is 24.5 Å². The van der Waals surface area contributed by atoms with Gasteiger partial charge in [-0.05, 0) is 50.0 Å². The van der Waals surface area contributed by atoms with E-state index < -0.39 is 0 Å². The number of nitrogens with zero attached hydrogens (tertiary/aromatic N) is 1. The van der Waals surface area contributed by atoms with Crippen molar-refractivity contribution in [3.05, 3.63) is 27.7 Å². The van der Waals surface area contributed by atoms with Crippen molar-refractivity contribution >= 4 is 15.9 Å². The van der Waals surface area contributed by atoms with E-state index in [0.29, 0.717) is 6.04 Å². The summed E-state index contributed by atoms with van der Waals surface area (Å²) in [4.78, 5) is 2.58. The molecule has 4 heteroatoms. The molecule has 1 aromatic rings. The van der Waals surface area contributed by atoms with Gasteiger partial charge < -0.3 is 10.1 Å². The molecular formula is C17H25BrN2O. The van der Waals surface area contributed by atoms with Crippen LogP contribution in [0.1, 0.15) is 37.3 Å². The van der Waals surface area contributed by atoms with Crippen LogP contribution in [0.4, 0.5) is 0 Å². The molecule has 0 aromatic heterocycles. The number of nitrogens with one attached hydrogen (secondary N) is 1. The van der Waals surface area contributed by atoms with Gasteiger partial charge in [-0.15, -0.1) is 0 Å². The van der Waals surface area contributed by atoms with E-state index in [0.717, 1.165) is 38.4 Å². The molecule has 2 aliphatic rings. The Balaban J connectivity index is 1.72. The maximum atomic E-state index is 5.87. The number of fused-ring (bicyclic) bond motifs is 1. The lowest BCUT2D eigenvalue weighted by molar-refractivity contribution is 0.237. The Hall–Kier alpha value is -0.580. The van der Waals surface area contributed by atoms with Crippen molar-refractivity contribution in [1.82, 2.24) is 10.2 Å². The Bertz CT molecular complexity index is 486. The normalized spacial score (nSPS) is 20.8. The highest BCUT2D eigenvalue weighted by Gasteiger charge is 2.21. The molecule has 2 aliphatic heterocycles. The summed E-state index contributed by atoms with van der Waals surface area (Å²) in [6.07, 6.45) is 4.87. The average molecular weight is 353 g/mol. The zero-order valence-corrected chi connectivity index (χ0v) is 14.4. The number of rotatable bonds is 6. The molecule has 0 spiro atoms. The van der Waals surface area contributed by atoms with E-state index in [1.165, 1.54) is 41.4 Å². The maximum Gasteiger partial charge on any atom is 0.127 e. The molecule has 1 N–H and O–H groups in total. The Labute approximate surface area is 136 Å². The van der Waals surface area contributed by atoms with E-state index in [4.69, 9.17) is 4.74 Å². The summed E-state index contributed by atoms with van der Waals surface area (Å²) in [5.41, 5.74) is 2.69. The Morgan fingerprint density at radius 2 is 2.33 bits per heavy atom. The lowest BCUT2D eigenvalue weighted by Crippen LogP contribution is -2.37. The van der Waals surface area contributed by atoms with Crippen molar-refractivity contribution in [3.8, 4) is 5.75 Å². The summed E-state index contributed by atoms with van der Waals surface area (Å²) in [5.74, 6) is 1.14. The summed E-state index contributed by atoms with van der Waals surface area (Å²) in [6, 6.07) is 5.10. The fourth-order valence-electron chi connectivity index (χ4n) is 3.48. The quantitative estimate of drug-likeness (QED) is 0.849. The molecular weight excluding hydrogens is 328 g/mol. The predicted octanol–water partition coefficient (Wildman–Crippen LogP) is 3.35. The van der Waals surface area contributed by atoms with Gasteiger partial charge in [0.2, 0.25) is 0 Å². The van der Waals surface area contributed by atoms with E-state index in [1.807, 2.05) is 0 Å². The summed E-state index contributed by atoms with van der Waals surface area (Å²) in [6.45, 7) is 7.57. The Morgan fingerprint density at radius 1 is 1.43 bits per heavy atom. The first-order valence-corrected chi connectivity index (χ1v) is 8.95. The highest BCUT2D eigenvalue weighted by molar-refractivity contribution is 9.10. The van der Waals surface area contributed by atoms with Crippen LogP contribution in [0.15, 0.2) is 16.6 Å². The van der Waals surface area contributed by atoms with Gasteiger partial charge in [0.05, 0.1) is 6.61 Å². The monoisotopic (exact) mass is 352 g/mol. The van der Waals surface area contributed by atoms with Crippen LogP contribution >= 0.6 is 15.9 Å². The lowest BCUT2D eigenvalue weighted by Gasteiger charge is -2.26. The first-order chi connectivity index (χ1) is 10.3. The van der Waals surface area contributed by atoms with Gasteiger partial charge in [0.15, 0.2) is 0 Å². The highest BCUT2D eigenvalue weighted by Crippen LogP contribution is 2.33. The second-order valence-electron chi connectivity index (χ2n) is 6.18. The van der Waals surface area contributed by atoms with Crippen LogP contribution in [0.3, 0.4) is 0 Å². The van der Waals surface area contributed by atoms with E-state index in [9.17, 15) is 0 Å². The number of hydrogen-bond donors (Lipinski definition) is 1. The van der Waals surface area contributed by atoms with Crippen LogP contribution in [-0.2, 0) is 13.0 Å².